The maximum Gasteiger partial charge on any atom is 0.0927 e. The van der Waals surface area contributed by atoms with E-state index in [1.54, 1.807) is 14.2 Å². The molecule has 2 bridgehead atoms. The maximum atomic E-state index is 6.27. The van der Waals surface area contributed by atoms with Crippen LogP contribution in [0, 0.1) is 5.92 Å². The Labute approximate surface area is 92.1 Å². The minimum Gasteiger partial charge on any atom is -0.382 e. The van der Waals surface area contributed by atoms with E-state index in [0.717, 1.165) is 38.9 Å². The van der Waals surface area contributed by atoms with E-state index in [1.165, 1.54) is 0 Å². The molecule has 0 aromatic rings. The van der Waals surface area contributed by atoms with Crippen molar-refractivity contribution >= 4 is 0 Å². The second-order valence-corrected chi connectivity index (χ2v) is 5.35. The molecular weight excluding hydrogens is 192 g/mol. The van der Waals surface area contributed by atoms with Gasteiger partial charge in [0.1, 0.15) is 0 Å². The van der Waals surface area contributed by atoms with Gasteiger partial charge in [0.2, 0.25) is 0 Å². The third-order valence-electron chi connectivity index (χ3n) is 3.72. The van der Waals surface area contributed by atoms with Gasteiger partial charge >= 0.3 is 0 Å². The van der Waals surface area contributed by atoms with Crippen LogP contribution in [0.1, 0.15) is 32.6 Å². The Bertz CT molecular complexity index is 209. The van der Waals surface area contributed by atoms with Crippen LogP contribution in [0.2, 0.25) is 0 Å². The van der Waals surface area contributed by atoms with Crippen LogP contribution in [-0.4, -0.2) is 38.6 Å². The SMILES string of the molecule is COC[C@@]12CC[C@@](COC)(CC(C)C1)O2. The van der Waals surface area contributed by atoms with E-state index in [9.17, 15) is 0 Å². The number of rotatable bonds is 4. The topological polar surface area (TPSA) is 27.7 Å². The highest BCUT2D eigenvalue weighted by molar-refractivity contribution is 5.03. The van der Waals surface area contributed by atoms with Crippen molar-refractivity contribution in [3.63, 3.8) is 0 Å². The van der Waals surface area contributed by atoms with Crippen molar-refractivity contribution in [2.75, 3.05) is 27.4 Å². The molecule has 1 unspecified atom stereocenters. The molecule has 0 saturated carbocycles. The Morgan fingerprint density at radius 1 is 1.07 bits per heavy atom. The molecule has 15 heavy (non-hydrogen) atoms. The minimum absolute atomic E-state index is 0.0229. The molecule has 0 aromatic carbocycles. The largest absolute Gasteiger partial charge is 0.382 e. The van der Waals surface area contributed by atoms with E-state index in [0.29, 0.717) is 5.92 Å². The molecule has 3 nitrogen and oxygen atoms in total. The molecule has 0 radical (unpaired) electrons. The number of fused-ring (bicyclic) bond motifs is 2. The molecule has 0 spiro atoms. The molecule has 2 aliphatic rings. The number of methoxy groups -OCH3 is 2. The molecule has 0 aliphatic carbocycles. The van der Waals surface area contributed by atoms with E-state index in [4.69, 9.17) is 14.2 Å². The van der Waals surface area contributed by atoms with E-state index in [1.807, 2.05) is 0 Å². The van der Waals surface area contributed by atoms with Gasteiger partial charge in [0.05, 0.1) is 24.4 Å². The Kier molecular flexibility index (Phi) is 3.06. The molecule has 2 fully saturated rings. The van der Waals surface area contributed by atoms with Crippen molar-refractivity contribution in [1.29, 1.82) is 0 Å². The van der Waals surface area contributed by atoms with Crippen LogP contribution >= 0.6 is 0 Å². The zero-order chi connectivity index (χ0) is 10.9. The normalized spacial score (nSPS) is 44.6. The summed E-state index contributed by atoms with van der Waals surface area (Å²) in [5.41, 5.74) is -0.0457. The van der Waals surface area contributed by atoms with Gasteiger partial charge in [-0.2, -0.15) is 0 Å². The molecule has 3 atom stereocenters. The monoisotopic (exact) mass is 214 g/mol. The van der Waals surface area contributed by atoms with Gasteiger partial charge in [-0.05, 0) is 31.6 Å². The van der Waals surface area contributed by atoms with Crippen LogP contribution in [0.25, 0.3) is 0 Å². The van der Waals surface area contributed by atoms with E-state index in [-0.39, 0.29) is 11.2 Å². The van der Waals surface area contributed by atoms with Crippen molar-refractivity contribution in [3.8, 4) is 0 Å². The molecular formula is C12H22O3. The van der Waals surface area contributed by atoms with Crippen LogP contribution in [0.3, 0.4) is 0 Å². The molecule has 0 amide bonds. The summed E-state index contributed by atoms with van der Waals surface area (Å²) >= 11 is 0. The van der Waals surface area contributed by atoms with Crippen molar-refractivity contribution < 1.29 is 14.2 Å². The van der Waals surface area contributed by atoms with Crippen molar-refractivity contribution in [3.05, 3.63) is 0 Å². The number of hydrogen-bond donors (Lipinski definition) is 0. The van der Waals surface area contributed by atoms with Crippen LogP contribution in [-0.2, 0) is 14.2 Å². The second-order valence-electron chi connectivity index (χ2n) is 5.35. The van der Waals surface area contributed by atoms with Gasteiger partial charge in [0, 0.05) is 14.2 Å². The quantitative estimate of drug-likeness (QED) is 0.716. The molecule has 3 heteroatoms. The summed E-state index contributed by atoms with van der Waals surface area (Å²) in [6.07, 6.45) is 4.50. The summed E-state index contributed by atoms with van der Waals surface area (Å²) in [7, 11) is 3.52. The highest BCUT2D eigenvalue weighted by atomic mass is 16.6. The summed E-state index contributed by atoms with van der Waals surface area (Å²) in [6, 6.07) is 0. The van der Waals surface area contributed by atoms with Crippen molar-refractivity contribution in [2.24, 2.45) is 5.92 Å². The van der Waals surface area contributed by atoms with Gasteiger partial charge < -0.3 is 14.2 Å². The van der Waals surface area contributed by atoms with Crippen LogP contribution in [0.4, 0.5) is 0 Å². The first-order chi connectivity index (χ1) is 7.14. The fraction of sp³-hybridized carbons (Fsp3) is 1.00. The predicted octanol–water partition coefficient (Wildman–Crippen LogP) is 2.00. The summed E-state index contributed by atoms with van der Waals surface area (Å²) < 4.78 is 16.9. The van der Waals surface area contributed by atoms with Crippen LogP contribution < -0.4 is 0 Å². The van der Waals surface area contributed by atoms with E-state index < -0.39 is 0 Å². The molecule has 2 aliphatic heterocycles. The van der Waals surface area contributed by atoms with Crippen LogP contribution in [0.15, 0.2) is 0 Å². The molecule has 0 N–H and O–H groups in total. The van der Waals surface area contributed by atoms with Crippen molar-refractivity contribution in [1.82, 2.24) is 0 Å². The lowest BCUT2D eigenvalue weighted by Crippen LogP contribution is -2.48. The lowest BCUT2D eigenvalue weighted by molar-refractivity contribution is -0.190. The van der Waals surface area contributed by atoms with Gasteiger partial charge in [-0.15, -0.1) is 0 Å². The zero-order valence-electron chi connectivity index (χ0n) is 10.0. The fourth-order valence-corrected chi connectivity index (χ4v) is 3.49. The van der Waals surface area contributed by atoms with Gasteiger partial charge in [-0.3, -0.25) is 0 Å². The fourth-order valence-electron chi connectivity index (χ4n) is 3.49. The average Bonchev–Trinajstić information content (AvgIpc) is 2.39. The summed E-state index contributed by atoms with van der Waals surface area (Å²) in [5, 5.41) is 0. The first-order valence-electron chi connectivity index (χ1n) is 5.82. The Hall–Kier alpha value is -0.120. The molecule has 0 aromatic heterocycles. The van der Waals surface area contributed by atoms with Crippen molar-refractivity contribution in [2.45, 2.75) is 43.8 Å². The Morgan fingerprint density at radius 2 is 1.53 bits per heavy atom. The smallest absolute Gasteiger partial charge is 0.0927 e. The molecule has 2 rings (SSSR count). The Morgan fingerprint density at radius 3 is 1.93 bits per heavy atom. The average molecular weight is 214 g/mol. The third kappa shape index (κ3) is 2.05. The lowest BCUT2D eigenvalue weighted by atomic mass is 9.85. The first-order valence-corrected chi connectivity index (χ1v) is 5.82. The third-order valence-corrected chi connectivity index (χ3v) is 3.72. The van der Waals surface area contributed by atoms with Gasteiger partial charge in [-0.25, -0.2) is 0 Å². The second kappa shape index (κ2) is 4.04. The summed E-state index contributed by atoms with van der Waals surface area (Å²) in [6.45, 7) is 3.76. The molecule has 88 valence electrons. The van der Waals surface area contributed by atoms with E-state index >= 15 is 0 Å². The number of hydrogen-bond acceptors (Lipinski definition) is 3. The zero-order valence-corrected chi connectivity index (χ0v) is 10.0. The van der Waals surface area contributed by atoms with Gasteiger partial charge in [-0.1, -0.05) is 6.92 Å². The van der Waals surface area contributed by atoms with Crippen LogP contribution in [0.5, 0.6) is 0 Å². The van der Waals surface area contributed by atoms with E-state index in [2.05, 4.69) is 6.92 Å². The van der Waals surface area contributed by atoms with Gasteiger partial charge in [0.25, 0.3) is 0 Å². The highest BCUT2D eigenvalue weighted by Gasteiger charge is 2.54. The Balaban J connectivity index is 2.12. The summed E-state index contributed by atoms with van der Waals surface area (Å²) in [4.78, 5) is 0. The summed E-state index contributed by atoms with van der Waals surface area (Å²) in [5.74, 6) is 0.714. The minimum atomic E-state index is -0.0229. The first kappa shape index (κ1) is 11.4. The highest BCUT2D eigenvalue weighted by Crippen LogP contribution is 2.50. The maximum absolute atomic E-state index is 6.27. The number of ether oxygens (including phenoxy) is 3. The standard InChI is InChI=1S/C12H22O3/c1-10-6-11(8-13-2)4-5-12(7-10,15-11)9-14-3/h10H,4-9H2,1-3H3/t10?,11-,12+. The molecule has 2 heterocycles. The lowest BCUT2D eigenvalue weighted by Gasteiger charge is -2.42. The predicted molar refractivity (Wildman–Crippen MR) is 57.9 cm³/mol. The van der Waals surface area contributed by atoms with Gasteiger partial charge in [0.15, 0.2) is 0 Å². The molecule has 2 saturated heterocycles.